The molecule has 0 saturated carbocycles. The van der Waals surface area contributed by atoms with Crippen molar-refractivity contribution < 1.29 is 0 Å². The highest BCUT2D eigenvalue weighted by atomic mass is 14.4. The Bertz CT molecular complexity index is 1760. The molecule has 6 aliphatic rings. The Morgan fingerprint density at radius 2 is 1.20 bits per heavy atom. The zero-order valence-corrected chi connectivity index (χ0v) is 23.2. The van der Waals surface area contributed by atoms with E-state index in [2.05, 4.69) is 115 Å². The molecule has 0 saturated heterocycles. The van der Waals surface area contributed by atoms with Gasteiger partial charge in [0.25, 0.3) is 0 Å². The van der Waals surface area contributed by atoms with Crippen LogP contribution in [0.2, 0.25) is 0 Å². The third kappa shape index (κ3) is 3.96. The summed E-state index contributed by atoms with van der Waals surface area (Å²) in [5.74, 6) is 1.11. The first-order valence-electron chi connectivity index (χ1n) is 15.3. The van der Waals surface area contributed by atoms with Gasteiger partial charge < -0.3 is 0 Å². The number of hydrogen-bond acceptors (Lipinski definition) is 0. The largest absolute Gasteiger partial charge is 0.0839 e. The van der Waals surface area contributed by atoms with Crippen molar-refractivity contribution >= 4 is 11.1 Å². The molecule has 0 N–H and O–H groups in total. The smallest absolute Gasteiger partial charge is 0.0134 e. The second-order valence-electron chi connectivity index (χ2n) is 12.1. The molecule has 0 fully saturated rings. The van der Waals surface area contributed by atoms with Gasteiger partial charge in [-0.15, -0.1) is 0 Å². The second-order valence-corrected chi connectivity index (χ2v) is 12.1. The van der Waals surface area contributed by atoms with Crippen molar-refractivity contribution in [1.29, 1.82) is 0 Å². The van der Waals surface area contributed by atoms with Gasteiger partial charge in [-0.1, -0.05) is 115 Å². The van der Waals surface area contributed by atoms with E-state index >= 15 is 0 Å². The van der Waals surface area contributed by atoms with E-state index in [1.165, 1.54) is 40.8 Å². The Balaban J connectivity index is 1.40. The van der Waals surface area contributed by atoms with Gasteiger partial charge in [0.05, 0.1) is 0 Å². The van der Waals surface area contributed by atoms with Crippen molar-refractivity contribution in [3.05, 3.63) is 165 Å². The monoisotopic (exact) mass is 516 g/mol. The summed E-state index contributed by atoms with van der Waals surface area (Å²) in [5, 5.41) is 2.90. The summed E-state index contributed by atoms with van der Waals surface area (Å²) in [6, 6.07) is 20.6. The molecule has 0 aromatic heterocycles. The summed E-state index contributed by atoms with van der Waals surface area (Å²) in [6.07, 6.45) is 32.3. The van der Waals surface area contributed by atoms with Crippen LogP contribution in [0.15, 0.2) is 149 Å². The minimum Gasteiger partial charge on any atom is -0.0839 e. The summed E-state index contributed by atoms with van der Waals surface area (Å²) in [5.41, 5.74) is 13.9. The summed E-state index contributed by atoms with van der Waals surface area (Å²) in [7, 11) is 0. The van der Waals surface area contributed by atoms with Crippen molar-refractivity contribution in [1.82, 2.24) is 0 Å². The summed E-state index contributed by atoms with van der Waals surface area (Å²) in [6.45, 7) is 0. The van der Waals surface area contributed by atoms with Gasteiger partial charge in [-0.25, -0.2) is 0 Å². The topological polar surface area (TPSA) is 0 Å². The first kappa shape index (κ1) is 23.9. The maximum absolute atomic E-state index is 2.60. The molecular formula is C40H36. The molecule has 0 heteroatoms. The lowest BCUT2D eigenvalue weighted by Gasteiger charge is -2.39. The molecule has 3 atom stereocenters. The average Bonchev–Trinajstić information content (AvgIpc) is 3.03. The highest BCUT2D eigenvalue weighted by molar-refractivity contribution is 5.83. The second kappa shape index (κ2) is 9.93. The van der Waals surface area contributed by atoms with Crippen LogP contribution < -0.4 is 10.4 Å². The third-order valence-electron chi connectivity index (χ3n) is 9.93. The summed E-state index contributed by atoms with van der Waals surface area (Å²) < 4.78 is 0. The van der Waals surface area contributed by atoms with Gasteiger partial charge in [-0.3, -0.25) is 0 Å². The van der Waals surface area contributed by atoms with E-state index < -0.39 is 0 Å². The first-order chi connectivity index (χ1) is 19.8. The Morgan fingerprint density at radius 1 is 0.550 bits per heavy atom. The molecule has 6 aliphatic carbocycles. The van der Waals surface area contributed by atoms with E-state index in [0.29, 0.717) is 17.8 Å². The van der Waals surface area contributed by atoms with E-state index in [1.807, 2.05) is 0 Å². The lowest BCUT2D eigenvalue weighted by Crippen LogP contribution is -2.41. The summed E-state index contributed by atoms with van der Waals surface area (Å²) >= 11 is 0. The van der Waals surface area contributed by atoms with Gasteiger partial charge in [-0.2, -0.15) is 0 Å². The molecule has 0 aliphatic heterocycles. The number of rotatable bonds is 3. The van der Waals surface area contributed by atoms with Crippen LogP contribution in [0.4, 0.5) is 0 Å². The Hall–Kier alpha value is -3.90. The zero-order valence-electron chi connectivity index (χ0n) is 23.2. The Kier molecular flexibility index (Phi) is 5.95. The van der Waals surface area contributed by atoms with Gasteiger partial charge in [0, 0.05) is 17.8 Å². The molecule has 40 heavy (non-hydrogen) atoms. The molecule has 3 unspecified atom stereocenters. The minimum absolute atomic E-state index is 0.358. The van der Waals surface area contributed by atoms with Crippen molar-refractivity contribution in [2.75, 3.05) is 0 Å². The van der Waals surface area contributed by atoms with Crippen LogP contribution in [-0.2, 0) is 0 Å². The fourth-order valence-electron chi connectivity index (χ4n) is 8.07. The zero-order chi connectivity index (χ0) is 26.5. The van der Waals surface area contributed by atoms with Gasteiger partial charge >= 0.3 is 0 Å². The van der Waals surface area contributed by atoms with Gasteiger partial charge in [0.2, 0.25) is 0 Å². The molecule has 0 nitrogen and oxygen atoms in total. The molecule has 0 amide bonds. The highest BCUT2D eigenvalue weighted by Gasteiger charge is 2.37. The first-order valence-corrected chi connectivity index (χ1v) is 15.3. The maximum atomic E-state index is 2.60. The SMILES string of the molecule is C1=CC2C(C3=CC4=C(C=CCC4)CC3)=c3ccccc3=C(C3=CC4=C(C=CCC4)CC3c3ccccc3)C2C=C1. The number of allylic oxidation sites excluding steroid dienone is 16. The van der Waals surface area contributed by atoms with E-state index in [4.69, 9.17) is 0 Å². The average molecular weight is 517 g/mol. The quantitative estimate of drug-likeness (QED) is 0.384. The lowest BCUT2D eigenvalue weighted by molar-refractivity contribution is 0.658. The van der Waals surface area contributed by atoms with E-state index in [1.54, 1.807) is 39.0 Å². The summed E-state index contributed by atoms with van der Waals surface area (Å²) in [4.78, 5) is 0. The fraction of sp³-hybridized carbons (Fsp3) is 0.250. The van der Waals surface area contributed by atoms with Crippen LogP contribution >= 0.6 is 0 Å². The van der Waals surface area contributed by atoms with Crippen LogP contribution in [-0.4, -0.2) is 0 Å². The van der Waals surface area contributed by atoms with Crippen LogP contribution in [0.3, 0.4) is 0 Å². The predicted octanol–water partition coefficient (Wildman–Crippen LogP) is 8.49. The highest BCUT2D eigenvalue weighted by Crippen LogP contribution is 2.49. The van der Waals surface area contributed by atoms with E-state index in [-0.39, 0.29) is 0 Å². The lowest BCUT2D eigenvalue weighted by atomic mass is 9.64. The van der Waals surface area contributed by atoms with Crippen LogP contribution in [0.25, 0.3) is 11.1 Å². The standard InChI is InChI=1S/C40H36/c1-2-13-28(14-3-1)37-25-30-16-6-7-17-31(30)26-38(37)40-35-20-10-8-18-33(35)39(34-19-9-11-21-36(34)40)32-23-22-27-12-4-5-15-29(27)24-32/h1-4,6,8-14,16,18-21,24,26,33,35,37H,5,7,15,17,22-23,25H2. The van der Waals surface area contributed by atoms with E-state index in [9.17, 15) is 0 Å². The van der Waals surface area contributed by atoms with Gasteiger partial charge in [0.15, 0.2) is 0 Å². The number of benzene rings is 2. The van der Waals surface area contributed by atoms with E-state index in [0.717, 1.165) is 25.7 Å². The molecule has 0 bridgehead atoms. The molecule has 2 aromatic rings. The molecule has 2 aromatic carbocycles. The van der Waals surface area contributed by atoms with Crippen molar-refractivity contribution in [3.63, 3.8) is 0 Å². The molecule has 0 radical (unpaired) electrons. The predicted molar refractivity (Wildman–Crippen MR) is 168 cm³/mol. The van der Waals surface area contributed by atoms with Gasteiger partial charge in [-0.05, 0) is 106 Å². The van der Waals surface area contributed by atoms with Crippen molar-refractivity contribution in [2.45, 2.75) is 50.9 Å². The molecule has 0 heterocycles. The van der Waals surface area contributed by atoms with Crippen LogP contribution in [0.1, 0.15) is 56.4 Å². The van der Waals surface area contributed by atoms with Crippen LogP contribution in [0.5, 0.6) is 0 Å². The molecule has 196 valence electrons. The number of fused-ring (bicyclic) bond motifs is 2. The van der Waals surface area contributed by atoms with Crippen molar-refractivity contribution in [3.8, 4) is 0 Å². The molecular weight excluding hydrogens is 480 g/mol. The fourth-order valence-corrected chi connectivity index (χ4v) is 8.07. The number of hydrogen-bond donors (Lipinski definition) is 0. The van der Waals surface area contributed by atoms with Gasteiger partial charge in [0.1, 0.15) is 0 Å². The molecule has 8 rings (SSSR count). The normalized spacial score (nSPS) is 26.6. The van der Waals surface area contributed by atoms with Crippen molar-refractivity contribution in [2.24, 2.45) is 11.8 Å². The minimum atomic E-state index is 0.358. The maximum Gasteiger partial charge on any atom is 0.0134 e. The third-order valence-corrected chi connectivity index (χ3v) is 9.93. The Morgan fingerprint density at radius 3 is 1.98 bits per heavy atom. The van der Waals surface area contributed by atoms with Crippen LogP contribution in [0, 0.1) is 11.8 Å². The Labute approximate surface area is 238 Å². The molecule has 0 spiro atoms.